The fraction of sp³-hybridized carbons (Fsp3) is 0.923. The molecule has 0 aromatic carbocycles. The van der Waals surface area contributed by atoms with Crippen molar-refractivity contribution in [2.45, 2.75) is 25.7 Å². The molecule has 0 aromatic heterocycles. The van der Waals surface area contributed by atoms with Crippen molar-refractivity contribution in [3.63, 3.8) is 0 Å². The SMILES string of the molecule is O=C(NCCS(=O)(=O)N1CCCCCC1)N1CCOCC1. The molecule has 0 bridgehead atoms. The third-order valence-electron chi connectivity index (χ3n) is 3.89. The number of urea groups is 1. The van der Waals surface area contributed by atoms with E-state index < -0.39 is 10.0 Å². The predicted molar refractivity (Wildman–Crippen MR) is 79.6 cm³/mol. The van der Waals surface area contributed by atoms with E-state index in [1.807, 2.05) is 0 Å². The van der Waals surface area contributed by atoms with Gasteiger partial charge in [0.05, 0.1) is 19.0 Å². The monoisotopic (exact) mass is 319 g/mol. The van der Waals surface area contributed by atoms with Crippen LogP contribution in [-0.4, -0.2) is 75.3 Å². The summed E-state index contributed by atoms with van der Waals surface area (Å²) in [6.07, 6.45) is 4.05. The van der Waals surface area contributed by atoms with Gasteiger partial charge < -0.3 is 15.0 Å². The average Bonchev–Trinajstić information content (AvgIpc) is 2.77. The second-order valence-corrected chi connectivity index (χ2v) is 7.55. The summed E-state index contributed by atoms with van der Waals surface area (Å²) in [5, 5.41) is 2.69. The number of hydrogen-bond donors (Lipinski definition) is 1. The van der Waals surface area contributed by atoms with Crippen molar-refractivity contribution in [2.24, 2.45) is 0 Å². The standard InChI is InChI=1S/C13H25N3O4S/c17-13(15-8-10-20-11-9-15)14-5-12-21(18,19)16-6-3-1-2-4-7-16/h1-12H2,(H,14,17). The molecule has 122 valence electrons. The number of amides is 2. The maximum atomic E-state index is 12.2. The van der Waals surface area contributed by atoms with E-state index in [-0.39, 0.29) is 18.3 Å². The molecule has 2 saturated heterocycles. The second-order valence-electron chi connectivity index (χ2n) is 5.46. The fourth-order valence-corrected chi connectivity index (χ4v) is 4.05. The van der Waals surface area contributed by atoms with E-state index >= 15 is 0 Å². The van der Waals surface area contributed by atoms with Crippen LogP contribution in [0.4, 0.5) is 4.79 Å². The van der Waals surface area contributed by atoms with Gasteiger partial charge in [0.1, 0.15) is 0 Å². The Hall–Kier alpha value is -0.860. The molecule has 2 fully saturated rings. The van der Waals surface area contributed by atoms with Gasteiger partial charge in [0, 0.05) is 32.7 Å². The first kappa shape index (κ1) is 16.5. The van der Waals surface area contributed by atoms with Crippen LogP contribution in [0.15, 0.2) is 0 Å². The Labute approximate surface area is 126 Å². The molecule has 0 aromatic rings. The molecule has 2 rings (SSSR count). The van der Waals surface area contributed by atoms with Crippen molar-refractivity contribution in [3.8, 4) is 0 Å². The summed E-state index contributed by atoms with van der Waals surface area (Å²) in [5.74, 6) is -0.0247. The molecular weight excluding hydrogens is 294 g/mol. The maximum Gasteiger partial charge on any atom is 0.317 e. The van der Waals surface area contributed by atoms with Crippen LogP contribution in [0.1, 0.15) is 25.7 Å². The Morgan fingerprint density at radius 3 is 2.24 bits per heavy atom. The van der Waals surface area contributed by atoms with E-state index in [4.69, 9.17) is 4.74 Å². The second kappa shape index (κ2) is 7.95. The highest BCUT2D eigenvalue weighted by molar-refractivity contribution is 7.89. The molecule has 8 heteroatoms. The van der Waals surface area contributed by atoms with E-state index in [0.29, 0.717) is 39.4 Å². The van der Waals surface area contributed by atoms with Crippen LogP contribution >= 0.6 is 0 Å². The lowest BCUT2D eigenvalue weighted by molar-refractivity contribution is 0.0533. The molecule has 2 heterocycles. The summed E-state index contributed by atoms with van der Waals surface area (Å²) in [7, 11) is -3.26. The highest BCUT2D eigenvalue weighted by Gasteiger charge is 2.23. The molecule has 2 amide bonds. The van der Waals surface area contributed by atoms with Crippen LogP contribution in [0, 0.1) is 0 Å². The lowest BCUT2D eigenvalue weighted by atomic mass is 10.2. The topological polar surface area (TPSA) is 79.0 Å². The first-order valence-electron chi connectivity index (χ1n) is 7.68. The number of nitrogens with one attached hydrogen (secondary N) is 1. The molecule has 0 saturated carbocycles. The summed E-state index contributed by atoms with van der Waals surface area (Å²) >= 11 is 0. The van der Waals surface area contributed by atoms with Crippen molar-refractivity contribution >= 4 is 16.1 Å². The molecule has 0 spiro atoms. The zero-order valence-electron chi connectivity index (χ0n) is 12.4. The van der Waals surface area contributed by atoms with E-state index in [0.717, 1.165) is 25.7 Å². The van der Waals surface area contributed by atoms with Gasteiger partial charge in [-0.3, -0.25) is 0 Å². The molecule has 21 heavy (non-hydrogen) atoms. The number of carbonyl (C=O) groups is 1. The number of carbonyl (C=O) groups excluding carboxylic acids is 1. The minimum atomic E-state index is -3.26. The van der Waals surface area contributed by atoms with Gasteiger partial charge in [-0.05, 0) is 12.8 Å². The van der Waals surface area contributed by atoms with Gasteiger partial charge in [0.15, 0.2) is 0 Å². The first-order chi connectivity index (χ1) is 10.1. The summed E-state index contributed by atoms with van der Waals surface area (Å²) < 4.78 is 31.2. The predicted octanol–water partition coefficient (Wildman–Crippen LogP) is 0.234. The van der Waals surface area contributed by atoms with Crippen molar-refractivity contribution in [3.05, 3.63) is 0 Å². The van der Waals surface area contributed by atoms with Gasteiger partial charge in [-0.15, -0.1) is 0 Å². The average molecular weight is 319 g/mol. The zero-order valence-corrected chi connectivity index (χ0v) is 13.2. The largest absolute Gasteiger partial charge is 0.378 e. The fourth-order valence-electron chi connectivity index (χ4n) is 2.61. The van der Waals surface area contributed by atoms with Crippen molar-refractivity contribution in [2.75, 3.05) is 51.7 Å². The lowest BCUT2D eigenvalue weighted by Crippen LogP contribution is -2.47. The normalized spacial score (nSPS) is 21.8. The number of sulfonamides is 1. The summed E-state index contributed by atoms with van der Waals surface area (Å²) in [4.78, 5) is 13.5. The Morgan fingerprint density at radius 1 is 1.00 bits per heavy atom. The van der Waals surface area contributed by atoms with E-state index in [9.17, 15) is 13.2 Å². The van der Waals surface area contributed by atoms with Crippen LogP contribution < -0.4 is 5.32 Å². The van der Waals surface area contributed by atoms with Crippen LogP contribution in [0.3, 0.4) is 0 Å². The summed E-state index contributed by atoms with van der Waals surface area (Å²) in [5.41, 5.74) is 0. The molecule has 0 atom stereocenters. The van der Waals surface area contributed by atoms with E-state index in [1.165, 1.54) is 0 Å². The third kappa shape index (κ3) is 5.12. The number of rotatable bonds is 4. The Balaban J connectivity index is 1.74. The Kier molecular flexibility index (Phi) is 6.25. The molecule has 2 aliphatic rings. The molecular formula is C13H25N3O4S. The van der Waals surface area contributed by atoms with Crippen LogP contribution in [0.2, 0.25) is 0 Å². The molecule has 1 N–H and O–H groups in total. The molecule has 0 radical (unpaired) electrons. The van der Waals surface area contributed by atoms with Crippen LogP contribution in [-0.2, 0) is 14.8 Å². The van der Waals surface area contributed by atoms with Gasteiger partial charge in [0.2, 0.25) is 10.0 Å². The molecule has 7 nitrogen and oxygen atoms in total. The van der Waals surface area contributed by atoms with Crippen LogP contribution in [0.25, 0.3) is 0 Å². The quantitative estimate of drug-likeness (QED) is 0.805. The third-order valence-corrected chi connectivity index (χ3v) is 5.76. The maximum absolute atomic E-state index is 12.2. The zero-order chi connectivity index (χ0) is 15.1. The minimum absolute atomic E-state index is 0.0247. The summed E-state index contributed by atoms with van der Waals surface area (Å²) in [6.45, 7) is 3.59. The van der Waals surface area contributed by atoms with Gasteiger partial charge in [0.25, 0.3) is 0 Å². The highest BCUT2D eigenvalue weighted by atomic mass is 32.2. The molecule has 0 aliphatic carbocycles. The molecule has 2 aliphatic heterocycles. The van der Waals surface area contributed by atoms with Gasteiger partial charge in [-0.25, -0.2) is 17.5 Å². The van der Waals surface area contributed by atoms with Gasteiger partial charge in [-0.1, -0.05) is 12.8 Å². The Morgan fingerprint density at radius 2 is 1.62 bits per heavy atom. The highest BCUT2D eigenvalue weighted by Crippen LogP contribution is 2.13. The number of ether oxygens (including phenoxy) is 1. The van der Waals surface area contributed by atoms with Gasteiger partial charge >= 0.3 is 6.03 Å². The first-order valence-corrected chi connectivity index (χ1v) is 9.29. The van der Waals surface area contributed by atoms with E-state index in [1.54, 1.807) is 9.21 Å². The van der Waals surface area contributed by atoms with Crippen molar-refractivity contribution < 1.29 is 17.9 Å². The van der Waals surface area contributed by atoms with Crippen molar-refractivity contribution in [1.29, 1.82) is 0 Å². The number of hydrogen-bond acceptors (Lipinski definition) is 4. The Bertz CT molecular complexity index is 427. The number of nitrogens with zero attached hydrogens (tertiary/aromatic N) is 2. The van der Waals surface area contributed by atoms with E-state index in [2.05, 4.69) is 5.32 Å². The van der Waals surface area contributed by atoms with Gasteiger partial charge in [-0.2, -0.15) is 0 Å². The smallest absolute Gasteiger partial charge is 0.317 e. The minimum Gasteiger partial charge on any atom is -0.378 e. The summed E-state index contributed by atoms with van der Waals surface area (Å²) in [6, 6.07) is -0.204. The molecule has 0 unspecified atom stereocenters. The lowest BCUT2D eigenvalue weighted by Gasteiger charge is -2.27. The van der Waals surface area contributed by atoms with Crippen LogP contribution in [0.5, 0.6) is 0 Å². The van der Waals surface area contributed by atoms with Crippen molar-refractivity contribution in [1.82, 2.24) is 14.5 Å². The number of morpholine rings is 1.